The summed E-state index contributed by atoms with van der Waals surface area (Å²) in [6.45, 7) is 6.63. The number of nitrogens with zero attached hydrogens (tertiary/aromatic N) is 2. The van der Waals surface area contributed by atoms with Gasteiger partial charge in [-0.05, 0) is 33.6 Å². The third-order valence-corrected chi connectivity index (χ3v) is 2.78. The van der Waals surface area contributed by atoms with Crippen LogP contribution in [0.4, 0.5) is 4.79 Å². The van der Waals surface area contributed by atoms with Crippen molar-refractivity contribution in [3.63, 3.8) is 0 Å². The van der Waals surface area contributed by atoms with Crippen LogP contribution in [0.2, 0.25) is 0 Å². The number of carbonyl (C=O) groups excluding carboxylic acids is 1. The molecule has 0 bridgehead atoms. The summed E-state index contributed by atoms with van der Waals surface area (Å²) in [5.74, 6) is -0.164. The molecule has 0 saturated carbocycles. The molecule has 2 N–H and O–H groups in total. The van der Waals surface area contributed by atoms with Gasteiger partial charge in [0.1, 0.15) is 5.60 Å². The highest BCUT2D eigenvalue weighted by Crippen LogP contribution is 2.18. The van der Waals surface area contributed by atoms with Gasteiger partial charge in [-0.1, -0.05) is 0 Å². The highest BCUT2D eigenvalue weighted by atomic mass is 16.6. The first-order valence-electron chi connectivity index (χ1n) is 5.96. The largest absolute Gasteiger partial charge is 0.444 e. The van der Waals surface area contributed by atoms with Crippen molar-refractivity contribution in [1.82, 2.24) is 4.90 Å². The van der Waals surface area contributed by atoms with E-state index in [1.54, 1.807) is 4.90 Å². The molecule has 1 saturated heterocycles. The summed E-state index contributed by atoms with van der Waals surface area (Å²) >= 11 is 0. The molecule has 2 atom stereocenters. The molecule has 1 fully saturated rings. The summed E-state index contributed by atoms with van der Waals surface area (Å²) in [5.41, 5.74) is 5.39. The average Bonchev–Trinajstić information content (AvgIpc) is 2.37. The van der Waals surface area contributed by atoms with Gasteiger partial charge in [0.15, 0.2) is 0 Å². The van der Waals surface area contributed by atoms with E-state index in [-0.39, 0.29) is 18.1 Å². The molecule has 5 nitrogen and oxygen atoms in total. The number of rotatable bonds is 0. The summed E-state index contributed by atoms with van der Waals surface area (Å²) in [4.78, 5) is 13.5. The van der Waals surface area contributed by atoms with E-state index in [2.05, 4.69) is 6.07 Å². The van der Waals surface area contributed by atoms with E-state index < -0.39 is 5.60 Å². The average molecular weight is 239 g/mol. The Labute approximate surface area is 103 Å². The fourth-order valence-corrected chi connectivity index (χ4v) is 1.80. The van der Waals surface area contributed by atoms with Gasteiger partial charge < -0.3 is 15.4 Å². The molecule has 1 aliphatic rings. The summed E-state index contributed by atoms with van der Waals surface area (Å²) in [6, 6.07) is 2.05. The molecule has 17 heavy (non-hydrogen) atoms. The Morgan fingerprint density at radius 3 is 2.53 bits per heavy atom. The molecule has 1 amide bonds. The van der Waals surface area contributed by atoms with Crippen LogP contribution in [0.25, 0.3) is 0 Å². The minimum Gasteiger partial charge on any atom is -0.444 e. The standard InChI is InChI=1S/C12H21N3O2/c1-12(2,3)17-11(16)15-6-4-9(8-13)10(14)5-7-15/h9-10H,4-7,14H2,1-3H3. The molecule has 2 unspecified atom stereocenters. The highest BCUT2D eigenvalue weighted by molar-refractivity contribution is 5.68. The summed E-state index contributed by atoms with van der Waals surface area (Å²) in [6.07, 6.45) is 0.956. The Hall–Kier alpha value is -1.28. The Morgan fingerprint density at radius 1 is 1.41 bits per heavy atom. The second-order valence-corrected chi connectivity index (χ2v) is 5.44. The van der Waals surface area contributed by atoms with E-state index in [1.165, 1.54) is 0 Å². The fourth-order valence-electron chi connectivity index (χ4n) is 1.80. The number of nitriles is 1. The molecule has 0 spiro atoms. The molecule has 5 heteroatoms. The lowest BCUT2D eigenvalue weighted by Crippen LogP contribution is -2.37. The van der Waals surface area contributed by atoms with Crippen molar-refractivity contribution in [3.8, 4) is 6.07 Å². The van der Waals surface area contributed by atoms with Crippen molar-refractivity contribution in [2.75, 3.05) is 13.1 Å². The lowest BCUT2D eigenvalue weighted by atomic mass is 9.98. The highest BCUT2D eigenvalue weighted by Gasteiger charge is 2.28. The molecule has 0 aliphatic carbocycles. The van der Waals surface area contributed by atoms with Crippen LogP contribution in [0.3, 0.4) is 0 Å². The third-order valence-electron chi connectivity index (χ3n) is 2.78. The van der Waals surface area contributed by atoms with E-state index in [0.717, 1.165) is 0 Å². The lowest BCUT2D eigenvalue weighted by Gasteiger charge is -2.26. The first-order valence-corrected chi connectivity index (χ1v) is 5.96. The second-order valence-electron chi connectivity index (χ2n) is 5.44. The van der Waals surface area contributed by atoms with Crippen LogP contribution in [0.5, 0.6) is 0 Å². The van der Waals surface area contributed by atoms with Gasteiger partial charge in [0, 0.05) is 19.1 Å². The van der Waals surface area contributed by atoms with Gasteiger partial charge in [-0.15, -0.1) is 0 Å². The molecular weight excluding hydrogens is 218 g/mol. The van der Waals surface area contributed by atoms with Crippen molar-refractivity contribution >= 4 is 6.09 Å². The Balaban J connectivity index is 2.57. The molecule has 0 aromatic rings. The zero-order chi connectivity index (χ0) is 13.1. The van der Waals surface area contributed by atoms with Crippen LogP contribution in [-0.4, -0.2) is 35.7 Å². The molecular formula is C12H21N3O2. The number of amides is 1. The van der Waals surface area contributed by atoms with Gasteiger partial charge in [-0.2, -0.15) is 5.26 Å². The Kier molecular flexibility index (Phi) is 4.35. The van der Waals surface area contributed by atoms with E-state index in [9.17, 15) is 4.79 Å². The predicted octanol–water partition coefficient (Wildman–Crippen LogP) is 1.48. The van der Waals surface area contributed by atoms with E-state index in [4.69, 9.17) is 15.7 Å². The van der Waals surface area contributed by atoms with Crippen molar-refractivity contribution in [2.45, 2.75) is 45.3 Å². The Bertz CT molecular complexity index is 317. The van der Waals surface area contributed by atoms with Gasteiger partial charge in [-0.25, -0.2) is 4.79 Å². The quantitative estimate of drug-likeness (QED) is 0.694. The normalized spacial score (nSPS) is 25.9. The topological polar surface area (TPSA) is 79.3 Å². The number of likely N-dealkylation sites (tertiary alicyclic amines) is 1. The number of carbonyl (C=O) groups is 1. The van der Waals surface area contributed by atoms with Crippen LogP contribution in [-0.2, 0) is 4.74 Å². The van der Waals surface area contributed by atoms with Crippen molar-refractivity contribution < 1.29 is 9.53 Å². The van der Waals surface area contributed by atoms with Gasteiger partial charge in [0.2, 0.25) is 0 Å². The maximum atomic E-state index is 11.8. The van der Waals surface area contributed by atoms with Crippen LogP contribution in [0.15, 0.2) is 0 Å². The molecule has 1 heterocycles. The molecule has 0 radical (unpaired) electrons. The molecule has 0 aromatic carbocycles. The lowest BCUT2D eigenvalue weighted by molar-refractivity contribution is 0.0255. The van der Waals surface area contributed by atoms with Crippen molar-refractivity contribution in [2.24, 2.45) is 11.7 Å². The van der Waals surface area contributed by atoms with Crippen molar-refractivity contribution in [1.29, 1.82) is 5.26 Å². The third kappa shape index (κ3) is 4.23. The number of hydrogen-bond donors (Lipinski definition) is 1. The molecule has 1 rings (SSSR count). The molecule has 96 valence electrons. The van der Waals surface area contributed by atoms with Crippen LogP contribution in [0, 0.1) is 17.2 Å². The SMILES string of the molecule is CC(C)(C)OC(=O)N1CCC(N)C(C#N)CC1. The maximum Gasteiger partial charge on any atom is 0.410 e. The van der Waals surface area contributed by atoms with Crippen LogP contribution < -0.4 is 5.73 Å². The number of nitrogens with two attached hydrogens (primary N) is 1. The maximum absolute atomic E-state index is 11.8. The van der Waals surface area contributed by atoms with Gasteiger partial charge in [-0.3, -0.25) is 0 Å². The monoisotopic (exact) mass is 239 g/mol. The van der Waals surface area contributed by atoms with Gasteiger partial charge in [0.25, 0.3) is 0 Å². The first kappa shape index (κ1) is 13.8. The molecule has 0 aromatic heterocycles. The summed E-state index contributed by atoms with van der Waals surface area (Å²) < 4.78 is 5.30. The van der Waals surface area contributed by atoms with Crippen molar-refractivity contribution in [3.05, 3.63) is 0 Å². The molecule has 1 aliphatic heterocycles. The fraction of sp³-hybridized carbons (Fsp3) is 0.833. The van der Waals surface area contributed by atoms with Crippen LogP contribution in [0.1, 0.15) is 33.6 Å². The second kappa shape index (κ2) is 5.37. The zero-order valence-corrected chi connectivity index (χ0v) is 10.8. The number of hydrogen-bond acceptors (Lipinski definition) is 4. The predicted molar refractivity (Wildman–Crippen MR) is 64.1 cm³/mol. The Morgan fingerprint density at radius 2 is 2.00 bits per heavy atom. The van der Waals surface area contributed by atoms with E-state index in [0.29, 0.717) is 25.9 Å². The minimum absolute atomic E-state index is 0.146. The summed E-state index contributed by atoms with van der Waals surface area (Å²) in [5, 5.41) is 8.93. The summed E-state index contributed by atoms with van der Waals surface area (Å²) in [7, 11) is 0. The smallest absolute Gasteiger partial charge is 0.410 e. The van der Waals surface area contributed by atoms with E-state index in [1.807, 2.05) is 20.8 Å². The zero-order valence-electron chi connectivity index (χ0n) is 10.8. The van der Waals surface area contributed by atoms with Gasteiger partial charge in [0.05, 0.1) is 12.0 Å². The first-order chi connectivity index (χ1) is 7.83. The minimum atomic E-state index is -0.486. The number of ether oxygens (including phenoxy) is 1. The van der Waals surface area contributed by atoms with E-state index >= 15 is 0 Å². The van der Waals surface area contributed by atoms with Gasteiger partial charge >= 0.3 is 6.09 Å². The van der Waals surface area contributed by atoms with Crippen LogP contribution >= 0.6 is 0 Å².